The van der Waals surface area contributed by atoms with Crippen molar-refractivity contribution in [1.82, 2.24) is 9.62 Å². The zero-order valence-electron chi connectivity index (χ0n) is 17.9. The molecule has 1 N–H and O–H groups in total. The number of nitrogens with zero attached hydrogens (tertiary/aromatic N) is 1. The van der Waals surface area contributed by atoms with Crippen molar-refractivity contribution in [3.05, 3.63) is 59.2 Å². The van der Waals surface area contributed by atoms with Gasteiger partial charge >= 0.3 is 0 Å². The summed E-state index contributed by atoms with van der Waals surface area (Å²) in [4.78, 5) is 12.3. The quantitative estimate of drug-likeness (QED) is 0.746. The zero-order valence-corrected chi connectivity index (χ0v) is 18.8. The molecule has 0 atom stereocenters. The van der Waals surface area contributed by atoms with Crippen molar-refractivity contribution in [2.24, 2.45) is 0 Å². The maximum absolute atomic E-state index is 13.0. The van der Waals surface area contributed by atoms with Gasteiger partial charge in [0.2, 0.25) is 10.0 Å². The number of nitrogens with one attached hydrogen (secondary N) is 1. The number of sulfonamides is 1. The van der Waals surface area contributed by atoms with Gasteiger partial charge in [0.1, 0.15) is 5.75 Å². The molecule has 0 bridgehead atoms. The van der Waals surface area contributed by atoms with Gasteiger partial charge in [-0.1, -0.05) is 45.0 Å². The standard InChI is InChI=1S/C22H30N2O4S/c1-7-23-21(25)19-14-18(12-13-20(19)28-6)29(26,27)24(5)15-16-8-10-17(11-9-16)22(2,3)4/h8-14H,7,15H2,1-6H3,(H,23,25). The third-order valence-corrected chi connectivity index (χ3v) is 6.49. The molecular weight excluding hydrogens is 388 g/mol. The molecule has 1 amide bonds. The molecule has 0 aliphatic heterocycles. The Labute approximate surface area is 173 Å². The molecule has 0 spiro atoms. The van der Waals surface area contributed by atoms with Gasteiger partial charge in [-0.05, 0) is 41.7 Å². The Hall–Kier alpha value is -2.38. The number of methoxy groups -OCH3 is 1. The molecule has 0 aliphatic rings. The van der Waals surface area contributed by atoms with Gasteiger partial charge < -0.3 is 10.1 Å². The molecule has 0 aromatic heterocycles. The topological polar surface area (TPSA) is 75.7 Å². The summed E-state index contributed by atoms with van der Waals surface area (Å²) < 4.78 is 32.6. The van der Waals surface area contributed by atoms with Crippen LogP contribution in [-0.2, 0) is 22.0 Å². The number of ether oxygens (including phenoxy) is 1. The number of carbonyl (C=O) groups is 1. The van der Waals surface area contributed by atoms with E-state index in [1.807, 2.05) is 24.3 Å². The molecule has 2 aromatic carbocycles. The van der Waals surface area contributed by atoms with E-state index in [2.05, 4.69) is 26.1 Å². The van der Waals surface area contributed by atoms with Crippen molar-refractivity contribution in [2.45, 2.75) is 44.6 Å². The smallest absolute Gasteiger partial charge is 0.255 e. The summed E-state index contributed by atoms with van der Waals surface area (Å²) in [5, 5.41) is 2.67. The summed E-state index contributed by atoms with van der Waals surface area (Å²) in [7, 11) is -0.799. The third-order valence-electron chi connectivity index (χ3n) is 4.69. The second-order valence-electron chi connectivity index (χ2n) is 7.93. The summed E-state index contributed by atoms with van der Waals surface area (Å²) in [5.41, 5.74) is 2.31. The van der Waals surface area contributed by atoms with Gasteiger partial charge in [0.15, 0.2) is 0 Å². The SMILES string of the molecule is CCNC(=O)c1cc(S(=O)(=O)N(C)Cc2ccc(C(C)(C)C)cc2)ccc1OC. The Bertz CT molecular complexity index is 961. The van der Waals surface area contributed by atoms with E-state index in [9.17, 15) is 13.2 Å². The number of rotatable bonds is 7. The lowest BCUT2D eigenvalue weighted by molar-refractivity contribution is 0.0952. The van der Waals surface area contributed by atoms with Gasteiger partial charge in [-0.15, -0.1) is 0 Å². The second-order valence-corrected chi connectivity index (χ2v) is 9.97. The van der Waals surface area contributed by atoms with Gasteiger partial charge in [-0.2, -0.15) is 4.31 Å². The van der Waals surface area contributed by atoms with Crippen molar-refractivity contribution in [2.75, 3.05) is 20.7 Å². The predicted octanol–water partition coefficient (Wildman–Crippen LogP) is 3.56. The molecule has 158 valence electrons. The van der Waals surface area contributed by atoms with Gasteiger partial charge in [0.25, 0.3) is 5.91 Å². The maximum atomic E-state index is 13.0. The highest BCUT2D eigenvalue weighted by atomic mass is 32.2. The van der Waals surface area contributed by atoms with Crippen LogP contribution in [0.5, 0.6) is 5.75 Å². The predicted molar refractivity (Wildman–Crippen MR) is 115 cm³/mol. The van der Waals surface area contributed by atoms with E-state index in [-0.39, 0.29) is 28.3 Å². The number of amides is 1. The van der Waals surface area contributed by atoms with Crippen LogP contribution in [0.15, 0.2) is 47.4 Å². The third kappa shape index (κ3) is 5.36. The maximum Gasteiger partial charge on any atom is 0.255 e. The summed E-state index contributed by atoms with van der Waals surface area (Å²) in [6, 6.07) is 12.3. The number of benzene rings is 2. The summed E-state index contributed by atoms with van der Waals surface area (Å²) >= 11 is 0. The molecule has 0 unspecified atom stereocenters. The van der Waals surface area contributed by atoms with Crippen molar-refractivity contribution >= 4 is 15.9 Å². The molecule has 6 nitrogen and oxygen atoms in total. The minimum atomic E-state index is -3.77. The van der Waals surface area contributed by atoms with Crippen molar-refractivity contribution in [1.29, 1.82) is 0 Å². The highest BCUT2D eigenvalue weighted by Gasteiger charge is 2.24. The van der Waals surface area contributed by atoms with Crippen LogP contribution in [0.4, 0.5) is 0 Å². The molecule has 29 heavy (non-hydrogen) atoms. The van der Waals surface area contributed by atoms with Crippen LogP contribution >= 0.6 is 0 Å². The normalized spacial score (nSPS) is 12.1. The Balaban J connectivity index is 2.29. The highest BCUT2D eigenvalue weighted by Crippen LogP contribution is 2.26. The summed E-state index contributed by atoms with van der Waals surface area (Å²) in [6.45, 7) is 8.86. The molecule has 0 aliphatic carbocycles. The van der Waals surface area contributed by atoms with Crippen LogP contribution in [0.25, 0.3) is 0 Å². The lowest BCUT2D eigenvalue weighted by atomic mass is 9.87. The van der Waals surface area contributed by atoms with Gasteiger partial charge in [-0.3, -0.25) is 4.79 Å². The lowest BCUT2D eigenvalue weighted by Crippen LogP contribution is -2.28. The molecule has 7 heteroatoms. The monoisotopic (exact) mass is 418 g/mol. The van der Waals surface area contributed by atoms with E-state index in [4.69, 9.17) is 4.74 Å². The Morgan fingerprint density at radius 1 is 1.10 bits per heavy atom. The van der Waals surface area contributed by atoms with Crippen LogP contribution in [0.1, 0.15) is 49.2 Å². The average Bonchev–Trinajstić information content (AvgIpc) is 2.67. The van der Waals surface area contributed by atoms with Crippen molar-refractivity contribution in [3.8, 4) is 5.75 Å². The van der Waals surface area contributed by atoms with Crippen LogP contribution in [0.3, 0.4) is 0 Å². The average molecular weight is 419 g/mol. The lowest BCUT2D eigenvalue weighted by Gasteiger charge is -2.21. The first-order valence-corrected chi connectivity index (χ1v) is 11.0. The molecular formula is C22H30N2O4S. The largest absolute Gasteiger partial charge is 0.496 e. The van der Waals surface area contributed by atoms with E-state index in [0.717, 1.165) is 5.56 Å². The number of hydrogen-bond acceptors (Lipinski definition) is 4. The molecule has 0 heterocycles. The Morgan fingerprint density at radius 3 is 2.24 bits per heavy atom. The van der Waals surface area contributed by atoms with Crippen LogP contribution in [0, 0.1) is 0 Å². The fraction of sp³-hybridized carbons (Fsp3) is 0.409. The van der Waals surface area contributed by atoms with Gasteiger partial charge in [0.05, 0.1) is 17.6 Å². The van der Waals surface area contributed by atoms with Crippen molar-refractivity contribution in [3.63, 3.8) is 0 Å². The fourth-order valence-electron chi connectivity index (χ4n) is 2.91. The molecule has 0 saturated carbocycles. The molecule has 2 aromatic rings. The first-order chi connectivity index (χ1) is 13.5. The molecule has 0 radical (unpaired) electrons. The minimum Gasteiger partial charge on any atom is -0.496 e. The summed E-state index contributed by atoms with van der Waals surface area (Å²) in [6.07, 6.45) is 0. The van der Waals surface area contributed by atoms with Gasteiger partial charge in [-0.25, -0.2) is 8.42 Å². The van der Waals surface area contributed by atoms with Crippen molar-refractivity contribution < 1.29 is 17.9 Å². The van der Waals surface area contributed by atoms with Gasteiger partial charge in [0, 0.05) is 20.1 Å². The highest BCUT2D eigenvalue weighted by molar-refractivity contribution is 7.89. The first-order valence-electron chi connectivity index (χ1n) is 9.52. The number of hydrogen-bond donors (Lipinski definition) is 1. The molecule has 2 rings (SSSR count). The molecule has 0 saturated heterocycles. The van der Waals surface area contributed by atoms with E-state index < -0.39 is 10.0 Å². The summed E-state index contributed by atoms with van der Waals surface area (Å²) in [5.74, 6) is -0.0443. The second kappa shape index (κ2) is 8.97. The Kier molecular flexibility index (Phi) is 7.08. The zero-order chi connectivity index (χ0) is 21.8. The first kappa shape index (κ1) is 22.9. The minimum absolute atomic E-state index is 0.0368. The van der Waals surface area contributed by atoms with Crippen LogP contribution < -0.4 is 10.1 Å². The van der Waals surface area contributed by atoms with E-state index in [1.165, 1.54) is 42.2 Å². The van der Waals surface area contributed by atoms with Crippen LogP contribution in [0.2, 0.25) is 0 Å². The van der Waals surface area contributed by atoms with E-state index >= 15 is 0 Å². The van der Waals surface area contributed by atoms with Crippen LogP contribution in [-0.4, -0.2) is 39.3 Å². The number of carbonyl (C=O) groups excluding carboxylic acids is 1. The van der Waals surface area contributed by atoms with E-state index in [0.29, 0.717) is 12.3 Å². The van der Waals surface area contributed by atoms with E-state index in [1.54, 1.807) is 6.92 Å². The molecule has 0 fully saturated rings. The fourth-order valence-corrected chi connectivity index (χ4v) is 4.10. The Morgan fingerprint density at radius 2 is 1.72 bits per heavy atom.